The summed E-state index contributed by atoms with van der Waals surface area (Å²) in [5.74, 6) is 0.0594. The summed E-state index contributed by atoms with van der Waals surface area (Å²) in [6.45, 7) is 2.52. The standard InChI is InChI=1S/C8H16N2O2.ClH/c1-6(8(9)10)12-7-4-2-3-5-11-7;/h6-7H,2-5H2,1H3,(H3,9,10);1H/t6-,7?;/m0./s1. The number of rotatable bonds is 3. The highest BCUT2D eigenvalue weighted by atomic mass is 35.5. The minimum atomic E-state index is -0.326. The number of hydrogen-bond acceptors (Lipinski definition) is 3. The minimum absolute atomic E-state index is 0. The molecule has 0 spiro atoms. The van der Waals surface area contributed by atoms with Crippen molar-refractivity contribution in [2.24, 2.45) is 5.73 Å². The van der Waals surface area contributed by atoms with Crippen LogP contribution in [0, 0.1) is 5.41 Å². The van der Waals surface area contributed by atoms with Gasteiger partial charge in [-0.2, -0.15) is 0 Å². The van der Waals surface area contributed by atoms with Crippen LogP contribution >= 0.6 is 12.4 Å². The van der Waals surface area contributed by atoms with Crippen LogP contribution in [0.15, 0.2) is 0 Å². The Labute approximate surface area is 84.7 Å². The number of ether oxygens (including phenoxy) is 2. The van der Waals surface area contributed by atoms with Crippen LogP contribution in [0.25, 0.3) is 0 Å². The van der Waals surface area contributed by atoms with Gasteiger partial charge in [0.15, 0.2) is 6.29 Å². The van der Waals surface area contributed by atoms with Gasteiger partial charge in [0, 0.05) is 6.61 Å². The minimum Gasteiger partial charge on any atom is -0.385 e. The Morgan fingerprint density at radius 2 is 2.31 bits per heavy atom. The molecule has 1 heterocycles. The summed E-state index contributed by atoms with van der Waals surface area (Å²) in [5, 5.41) is 7.12. The first kappa shape index (κ1) is 12.7. The van der Waals surface area contributed by atoms with Crippen LogP contribution in [-0.2, 0) is 9.47 Å². The quantitative estimate of drug-likeness (QED) is 0.542. The van der Waals surface area contributed by atoms with Gasteiger partial charge in [-0.05, 0) is 26.2 Å². The number of nitrogens with one attached hydrogen (secondary N) is 1. The smallest absolute Gasteiger partial charge is 0.158 e. The van der Waals surface area contributed by atoms with E-state index in [-0.39, 0.29) is 30.6 Å². The highest BCUT2D eigenvalue weighted by molar-refractivity contribution is 5.85. The molecule has 0 saturated carbocycles. The molecule has 0 bridgehead atoms. The van der Waals surface area contributed by atoms with E-state index in [1.807, 2.05) is 0 Å². The normalized spacial score (nSPS) is 24.5. The lowest BCUT2D eigenvalue weighted by molar-refractivity contribution is -0.171. The molecular weight excluding hydrogens is 192 g/mol. The monoisotopic (exact) mass is 208 g/mol. The fourth-order valence-corrected chi connectivity index (χ4v) is 1.12. The predicted molar refractivity (Wildman–Crippen MR) is 53.3 cm³/mol. The van der Waals surface area contributed by atoms with Crippen LogP contribution in [0.3, 0.4) is 0 Å². The van der Waals surface area contributed by atoms with Crippen LogP contribution in [-0.4, -0.2) is 24.8 Å². The molecule has 1 aliphatic heterocycles. The topological polar surface area (TPSA) is 68.3 Å². The molecule has 4 nitrogen and oxygen atoms in total. The molecular formula is C8H17ClN2O2. The molecule has 0 aromatic heterocycles. The number of hydrogen-bond donors (Lipinski definition) is 2. The van der Waals surface area contributed by atoms with E-state index in [9.17, 15) is 0 Å². The Bertz CT molecular complexity index is 160. The Balaban J connectivity index is 0.00000144. The first-order chi connectivity index (χ1) is 5.70. The van der Waals surface area contributed by atoms with Gasteiger partial charge in [-0.3, -0.25) is 5.41 Å². The van der Waals surface area contributed by atoms with E-state index in [1.54, 1.807) is 6.92 Å². The molecule has 5 heteroatoms. The molecule has 2 atom stereocenters. The van der Waals surface area contributed by atoms with E-state index in [2.05, 4.69) is 0 Å². The Morgan fingerprint density at radius 3 is 2.77 bits per heavy atom. The molecule has 1 saturated heterocycles. The number of amidine groups is 1. The first-order valence-electron chi connectivity index (χ1n) is 4.31. The molecule has 0 aliphatic carbocycles. The van der Waals surface area contributed by atoms with Crippen molar-refractivity contribution in [1.82, 2.24) is 0 Å². The summed E-state index contributed by atoms with van der Waals surface area (Å²) in [6, 6.07) is 0. The predicted octanol–water partition coefficient (Wildman–Crippen LogP) is 1.28. The number of halogens is 1. The SMILES string of the molecule is C[C@H](OC1CCCCO1)C(=N)N.Cl. The van der Waals surface area contributed by atoms with Crippen LogP contribution < -0.4 is 5.73 Å². The van der Waals surface area contributed by atoms with Gasteiger partial charge < -0.3 is 15.2 Å². The maximum absolute atomic E-state index is 7.12. The van der Waals surface area contributed by atoms with Crippen molar-refractivity contribution in [1.29, 1.82) is 5.41 Å². The van der Waals surface area contributed by atoms with E-state index in [0.29, 0.717) is 0 Å². The fraction of sp³-hybridized carbons (Fsp3) is 0.875. The molecule has 3 N–H and O–H groups in total. The van der Waals surface area contributed by atoms with Gasteiger partial charge >= 0.3 is 0 Å². The van der Waals surface area contributed by atoms with E-state index in [4.69, 9.17) is 20.6 Å². The van der Waals surface area contributed by atoms with Gasteiger partial charge in [-0.25, -0.2) is 0 Å². The van der Waals surface area contributed by atoms with Gasteiger partial charge in [0.2, 0.25) is 0 Å². The van der Waals surface area contributed by atoms with Gasteiger partial charge in [0.25, 0.3) is 0 Å². The number of nitrogens with two attached hydrogens (primary N) is 1. The zero-order valence-electron chi connectivity index (χ0n) is 7.79. The van der Waals surface area contributed by atoms with E-state index >= 15 is 0 Å². The fourth-order valence-electron chi connectivity index (χ4n) is 1.12. The lowest BCUT2D eigenvalue weighted by Crippen LogP contribution is -2.34. The zero-order valence-corrected chi connectivity index (χ0v) is 8.60. The third kappa shape index (κ3) is 4.45. The largest absolute Gasteiger partial charge is 0.385 e. The molecule has 0 radical (unpaired) electrons. The maximum Gasteiger partial charge on any atom is 0.158 e. The highest BCUT2D eigenvalue weighted by Crippen LogP contribution is 2.14. The van der Waals surface area contributed by atoms with Crippen molar-refractivity contribution in [3.63, 3.8) is 0 Å². The first-order valence-corrected chi connectivity index (χ1v) is 4.31. The van der Waals surface area contributed by atoms with Crippen LogP contribution in [0.1, 0.15) is 26.2 Å². The molecule has 0 aromatic rings. The second kappa shape index (κ2) is 6.18. The van der Waals surface area contributed by atoms with E-state index < -0.39 is 0 Å². The zero-order chi connectivity index (χ0) is 8.97. The molecule has 78 valence electrons. The molecule has 1 rings (SSSR count). The Morgan fingerprint density at radius 1 is 1.62 bits per heavy atom. The molecule has 0 amide bonds. The highest BCUT2D eigenvalue weighted by Gasteiger charge is 2.18. The lowest BCUT2D eigenvalue weighted by atomic mass is 10.2. The summed E-state index contributed by atoms with van der Waals surface area (Å²) < 4.78 is 10.7. The molecule has 1 fully saturated rings. The third-order valence-electron chi connectivity index (χ3n) is 1.93. The maximum atomic E-state index is 7.12. The van der Waals surface area contributed by atoms with Gasteiger partial charge in [0.1, 0.15) is 11.9 Å². The summed E-state index contributed by atoms with van der Waals surface area (Å²) in [5.41, 5.74) is 5.26. The van der Waals surface area contributed by atoms with Gasteiger partial charge in [-0.15, -0.1) is 12.4 Å². The van der Waals surface area contributed by atoms with Crippen LogP contribution in [0.2, 0.25) is 0 Å². The van der Waals surface area contributed by atoms with Crippen molar-refractivity contribution < 1.29 is 9.47 Å². The molecule has 0 aromatic carbocycles. The average molecular weight is 209 g/mol. The van der Waals surface area contributed by atoms with E-state index in [0.717, 1.165) is 25.9 Å². The van der Waals surface area contributed by atoms with Crippen LogP contribution in [0.4, 0.5) is 0 Å². The molecule has 1 aliphatic rings. The Hall–Kier alpha value is -0.320. The summed E-state index contributed by atoms with van der Waals surface area (Å²) >= 11 is 0. The van der Waals surface area contributed by atoms with Crippen molar-refractivity contribution >= 4 is 18.2 Å². The van der Waals surface area contributed by atoms with Crippen molar-refractivity contribution in [2.75, 3.05) is 6.61 Å². The summed E-state index contributed by atoms with van der Waals surface area (Å²) in [6.07, 6.45) is 2.67. The lowest BCUT2D eigenvalue weighted by Gasteiger charge is -2.25. The average Bonchev–Trinajstić information content (AvgIpc) is 2.06. The second-order valence-electron chi connectivity index (χ2n) is 3.03. The van der Waals surface area contributed by atoms with Crippen LogP contribution in [0.5, 0.6) is 0 Å². The third-order valence-corrected chi connectivity index (χ3v) is 1.93. The van der Waals surface area contributed by atoms with Crippen molar-refractivity contribution in [3.8, 4) is 0 Å². The van der Waals surface area contributed by atoms with Crippen molar-refractivity contribution in [3.05, 3.63) is 0 Å². The second-order valence-corrected chi connectivity index (χ2v) is 3.03. The molecule has 13 heavy (non-hydrogen) atoms. The van der Waals surface area contributed by atoms with Crippen molar-refractivity contribution in [2.45, 2.75) is 38.6 Å². The van der Waals surface area contributed by atoms with Gasteiger partial charge in [-0.1, -0.05) is 0 Å². The summed E-state index contributed by atoms with van der Waals surface area (Å²) in [4.78, 5) is 0. The Kier molecular flexibility index (Phi) is 6.03. The summed E-state index contributed by atoms with van der Waals surface area (Å²) in [7, 11) is 0. The molecule has 1 unspecified atom stereocenters. The van der Waals surface area contributed by atoms with Gasteiger partial charge in [0.05, 0.1) is 0 Å². The van der Waals surface area contributed by atoms with E-state index in [1.165, 1.54) is 0 Å².